The van der Waals surface area contributed by atoms with Crippen LogP contribution in [0.5, 0.6) is 0 Å². The van der Waals surface area contributed by atoms with Crippen molar-refractivity contribution in [2.45, 2.75) is 72.1 Å². The predicted octanol–water partition coefficient (Wildman–Crippen LogP) is 8.05. The first-order valence-electron chi connectivity index (χ1n) is 10.1. The van der Waals surface area contributed by atoms with Gasteiger partial charge in [-0.25, -0.2) is 0 Å². The molecule has 0 saturated heterocycles. The van der Waals surface area contributed by atoms with Crippen LogP contribution in [0.4, 0.5) is 0 Å². The van der Waals surface area contributed by atoms with Crippen LogP contribution in [0, 0.1) is 0 Å². The Morgan fingerprint density at radius 3 is 1.59 bits per heavy atom. The van der Waals surface area contributed by atoms with Gasteiger partial charge in [-0.1, -0.05) is 77.5 Å². The van der Waals surface area contributed by atoms with Gasteiger partial charge in [-0.3, -0.25) is 0 Å². The molecule has 0 aliphatic heterocycles. The highest BCUT2D eigenvalue weighted by molar-refractivity contribution is 6.02. The second kappa shape index (κ2) is 6.82. The molecule has 0 spiro atoms. The average molecular weight is 359 g/mol. The Kier molecular flexibility index (Phi) is 4.97. The van der Waals surface area contributed by atoms with Crippen molar-refractivity contribution in [2.24, 2.45) is 0 Å². The molecule has 1 aliphatic carbocycles. The number of rotatable bonds is 3. The van der Waals surface area contributed by atoms with Crippen LogP contribution >= 0.6 is 0 Å². The van der Waals surface area contributed by atoms with Gasteiger partial charge >= 0.3 is 0 Å². The van der Waals surface area contributed by atoms with Crippen molar-refractivity contribution in [3.8, 4) is 11.1 Å². The smallest absolute Gasteiger partial charge is 0.00966 e. The summed E-state index contributed by atoms with van der Waals surface area (Å²) < 4.78 is 0. The van der Waals surface area contributed by atoms with Gasteiger partial charge in [0.15, 0.2) is 0 Å². The van der Waals surface area contributed by atoms with Gasteiger partial charge in [-0.15, -0.1) is 6.58 Å². The summed E-state index contributed by atoms with van der Waals surface area (Å²) in [6.07, 6.45) is 4.12. The Hall–Kier alpha value is -2.08. The van der Waals surface area contributed by atoms with Crippen LogP contribution in [-0.4, -0.2) is 0 Å². The third kappa shape index (κ3) is 3.68. The molecular weight excluding hydrogens is 324 g/mol. The molecule has 0 amide bonds. The van der Waals surface area contributed by atoms with Crippen molar-refractivity contribution in [1.82, 2.24) is 0 Å². The number of benzene rings is 2. The van der Waals surface area contributed by atoms with Gasteiger partial charge in [-0.05, 0) is 81.7 Å². The molecule has 1 aliphatic rings. The molecular formula is C27H34. The highest BCUT2D eigenvalue weighted by Gasteiger charge is 2.28. The first-order chi connectivity index (χ1) is 12.5. The topological polar surface area (TPSA) is 0 Å². The quantitative estimate of drug-likeness (QED) is 0.415. The Morgan fingerprint density at radius 1 is 0.778 bits per heavy atom. The van der Waals surface area contributed by atoms with E-state index in [0.717, 1.165) is 12.8 Å². The molecule has 0 N–H and O–H groups in total. The average Bonchev–Trinajstić information content (AvgIpc) is 2.91. The summed E-state index contributed by atoms with van der Waals surface area (Å²) in [5.41, 5.74) is 11.6. The Labute approximate surface area is 166 Å². The standard InChI is InChI=1S/C27H34/c1-9-10-11-18(2)25-23-16-19(26(3,4)5)12-14-21(23)22-15-13-20(17-24(22)25)27(6,7)8/h9,12-17H,1,10-11H2,2-8H3. The van der Waals surface area contributed by atoms with Crippen LogP contribution in [0.1, 0.15) is 83.6 Å². The van der Waals surface area contributed by atoms with Gasteiger partial charge in [0.1, 0.15) is 0 Å². The zero-order chi connectivity index (χ0) is 20.0. The van der Waals surface area contributed by atoms with Crippen molar-refractivity contribution < 1.29 is 0 Å². The van der Waals surface area contributed by atoms with Crippen LogP contribution in [0.3, 0.4) is 0 Å². The van der Waals surface area contributed by atoms with Crippen molar-refractivity contribution in [3.05, 3.63) is 76.9 Å². The van der Waals surface area contributed by atoms with Gasteiger partial charge in [0.25, 0.3) is 0 Å². The van der Waals surface area contributed by atoms with Crippen LogP contribution in [0.25, 0.3) is 16.7 Å². The zero-order valence-electron chi connectivity index (χ0n) is 18.2. The van der Waals surface area contributed by atoms with E-state index in [9.17, 15) is 0 Å². The van der Waals surface area contributed by atoms with Crippen LogP contribution < -0.4 is 0 Å². The van der Waals surface area contributed by atoms with Crippen molar-refractivity contribution in [3.63, 3.8) is 0 Å². The van der Waals surface area contributed by atoms with E-state index in [2.05, 4.69) is 91.4 Å². The summed E-state index contributed by atoms with van der Waals surface area (Å²) in [6.45, 7) is 20.0. The molecule has 142 valence electrons. The zero-order valence-corrected chi connectivity index (χ0v) is 18.2. The van der Waals surface area contributed by atoms with Crippen molar-refractivity contribution in [1.29, 1.82) is 0 Å². The highest BCUT2D eigenvalue weighted by Crippen LogP contribution is 2.48. The second-order valence-electron chi connectivity index (χ2n) is 10.0. The molecule has 0 radical (unpaired) electrons. The maximum Gasteiger partial charge on any atom is -0.00966 e. The molecule has 0 heterocycles. The summed E-state index contributed by atoms with van der Waals surface area (Å²) in [6, 6.07) is 14.1. The number of allylic oxidation sites excluding steroid dienone is 2. The fourth-order valence-electron chi connectivity index (χ4n) is 3.95. The summed E-state index contributed by atoms with van der Waals surface area (Å²) in [4.78, 5) is 0. The molecule has 0 bridgehead atoms. The third-order valence-corrected chi connectivity index (χ3v) is 5.75. The first kappa shape index (κ1) is 19.7. The molecule has 0 heteroatoms. The largest absolute Gasteiger partial charge is 0.103 e. The molecule has 0 fully saturated rings. The monoisotopic (exact) mass is 358 g/mol. The molecule has 27 heavy (non-hydrogen) atoms. The van der Waals surface area contributed by atoms with Gasteiger partial charge in [-0.2, -0.15) is 0 Å². The molecule has 2 aromatic rings. The normalized spacial score (nSPS) is 13.4. The van der Waals surface area contributed by atoms with Crippen molar-refractivity contribution in [2.75, 3.05) is 0 Å². The van der Waals surface area contributed by atoms with Gasteiger partial charge in [0.2, 0.25) is 0 Å². The van der Waals surface area contributed by atoms with E-state index in [4.69, 9.17) is 0 Å². The van der Waals surface area contributed by atoms with E-state index in [-0.39, 0.29) is 10.8 Å². The van der Waals surface area contributed by atoms with E-state index >= 15 is 0 Å². The van der Waals surface area contributed by atoms with E-state index in [0.29, 0.717) is 0 Å². The molecule has 0 nitrogen and oxygen atoms in total. The lowest BCUT2D eigenvalue weighted by atomic mass is 9.84. The first-order valence-corrected chi connectivity index (χ1v) is 10.1. The van der Waals surface area contributed by atoms with Crippen LogP contribution in [-0.2, 0) is 10.8 Å². The van der Waals surface area contributed by atoms with Crippen LogP contribution in [0.15, 0.2) is 54.6 Å². The lowest BCUT2D eigenvalue weighted by Gasteiger charge is -2.21. The SMILES string of the molecule is C=CCCC(C)=C1c2cc(C(C)(C)C)ccc2-c2ccc(C(C)(C)C)cc21. The summed E-state index contributed by atoms with van der Waals surface area (Å²) in [5.74, 6) is 0. The molecule has 0 saturated carbocycles. The van der Waals surface area contributed by atoms with E-state index < -0.39 is 0 Å². The van der Waals surface area contributed by atoms with E-state index in [1.54, 1.807) is 0 Å². The lowest BCUT2D eigenvalue weighted by molar-refractivity contribution is 0.590. The van der Waals surface area contributed by atoms with E-state index in [1.807, 2.05) is 6.08 Å². The van der Waals surface area contributed by atoms with Crippen molar-refractivity contribution >= 4 is 5.57 Å². The maximum absolute atomic E-state index is 3.92. The van der Waals surface area contributed by atoms with Crippen LogP contribution in [0.2, 0.25) is 0 Å². The minimum absolute atomic E-state index is 0.153. The number of hydrogen-bond acceptors (Lipinski definition) is 0. The predicted molar refractivity (Wildman–Crippen MR) is 120 cm³/mol. The summed E-state index contributed by atoms with van der Waals surface area (Å²) >= 11 is 0. The van der Waals surface area contributed by atoms with Gasteiger partial charge < -0.3 is 0 Å². The second-order valence-corrected chi connectivity index (χ2v) is 10.0. The highest BCUT2D eigenvalue weighted by atomic mass is 14.3. The molecule has 3 rings (SSSR count). The third-order valence-electron chi connectivity index (χ3n) is 5.75. The lowest BCUT2D eigenvalue weighted by Crippen LogP contribution is -2.11. The Balaban J connectivity index is 2.27. The fourth-order valence-corrected chi connectivity index (χ4v) is 3.95. The summed E-state index contributed by atoms with van der Waals surface area (Å²) in [7, 11) is 0. The number of fused-ring (bicyclic) bond motifs is 3. The minimum Gasteiger partial charge on any atom is -0.103 e. The fraction of sp³-hybridized carbons (Fsp3) is 0.407. The molecule has 0 aromatic heterocycles. The number of hydrogen-bond donors (Lipinski definition) is 0. The summed E-state index contributed by atoms with van der Waals surface area (Å²) in [5, 5.41) is 0. The molecule has 0 unspecified atom stereocenters. The molecule has 0 atom stereocenters. The van der Waals surface area contributed by atoms with Gasteiger partial charge in [0, 0.05) is 0 Å². The maximum atomic E-state index is 3.92. The minimum atomic E-state index is 0.153. The van der Waals surface area contributed by atoms with Gasteiger partial charge in [0.05, 0.1) is 0 Å². The Morgan fingerprint density at radius 2 is 1.22 bits per heavy atom. The molecule has 2 aromatic carbocycles. The van der Waals surface area contributed by atoms with E-state index in [1.165, 1.54) is 44.5 Å². The Bertz CT molecular complexity index is 843.